The number of alkyl halides is 1. The minimum atomic E-state index is 0.459. The number of methoxy groups -OCH3 is 1. The van der Waals surface area contributed by atoms with Crippen molar-refractivity contribution in [3.63, 3.8) is 0 Å². The smallest absolute Gasteiger partial charge is 0.133 e. The van der Waals surface area contributed by atoms with Crippen molar-refractivity contribution in [2.45, 2.75) is 43.4 Å². The predicted molar refractivity (Wildman–Crippen MR) is 83.6 cm³/mol. The Bertz CT molecular complexity index is 386. The monoisotopic (exact) mass is 374 g/mol. The van der Waals surface area contributed by atoms with E-state index in [1.807, 2.05) is 6.07 Å². The van der Waals surface area contributed by atoms with Crippen LogP contribution in [0.1, 0.15) is 48.9 Å². The molecule has 0 radical (unpaired) electrons. The van der Waals surface area contributed by atoms with Crippen molar-refractivity contribution in [3.8, 4) is 5.75 Å². The van der Waals surface area contributed by atoms with Gasteiger partial charge in [0, 0.05) is 4.83 Å². The maximum atomic E-state index is 5.26. The van der Waals surface area contributed by atoms with Crippen LogP contribution in [-0.4, -0.2) is 7.11 Å². The van der Waals surface area contributed by atoms with Crippen LogP contribution in [0.2, 0.25) is 0 Å². The van der Waals surface area contributed by atoms with E-state index in [9.17, 15) is 0 Å². The fraction of sp³-hybridized carbons (Fsp3) is 0.600. The van der Waals surface area contributed by atoms with Gasteiger partial charge in [0.25, 0.3) is 0 Å². The zero-order chi connectivity index (χ0) is 13.0. The first-order valence-corrected chi connectivity index (χ1v) is 8.39. The summed E-state index contributed by atoms with van der Waals surface area (Å²) >= 11 is 7.36. The Morgan fingerprint density at radius 3 is 2.67 bits per heavy atom. The highest BCUT2D eigenvalue weighted by atomic mass is 79.9. The summed E-state index contributed by atoms with van der Waals surface area (Å²) in [4.78, 5) is 0.459. The lowest BCUT2D eigenvalue weighted by molar-refractivity contribution is 0.412. The van der Waals surface area contributed by atoms with Gasteiger partial charge in [0.15, 0.2) is 0 Å². The molecule has 0 heterocycles. The molecule has 18 heavy (non-hydrogen) atoms. The van der Waals surface area contributed by atoms with Crippen LogP contribution in [0, 0.1) is 5.92 Å². The molecule has 0 aliphatic heterocycles. The Morgan fingerprint density at radius 2 is 2.06 bits per heavy atom. The van der Waals surface area contributed by atoms with Crippen LogP contribution in [0.4, 0.5) is 0 Å². The fourth-order valence-electron chi connectivity index (χ4n) is 2.73. The van der Waals surface area contributed by atoms with Crippen molar-refractivity contribution in [2.75, 3.05) is 7.11 Å². The molecule has 0 spiro atoms. The molecule has 1 saturated carbocycles. The van der Waals surface area contributed by atoms with Gasteiger partial charge in [0.05, 0.1) is 11.6 Å². The minimum Gasteiger partial charge on any atom is -0.496 e. The highest BCUT2D eigenvalue weighted by molar-refractivity contribution is 9.10. The molecule has 0 N–H and O–H groups in total. The van der Waals surface area contributed by atoms with Crippen LogP contribution in [0.5, 0.6) is 5.75 Å². The average Bonchev–Trinajstić information content (AvgIpc) is 2.89. The average molecular weight is 376 g/mol. The second-order valence-corrected chi connectivity index (χ2v) is 7.05. The van der Waals surface area contributed by atoms with E-state index in [-0.39, 0.29) is 0 Å². The van der Waals surface area contributed by atoms with Crippen LogP contribution in [0.15, 0.2) is 22.7 Å². The molecule has 1 aliphatic rings. The summed E-state index contributed by atoms with van der Waals surface area (Å²) in [6, 6.07) is 6.34. The zero-order valence-corrected chi connectivity index (χ0v) is 14.0. The largest absolute Gasteiger partial charge is 0.496 e. The number of ether oxygens (including phenoxy) is 1. The van der Waals surface area contributed by atoms with E-state index in [1.54, 1.807) is 7.11 Å². The summed E-state index contributed by atoms with van der Waals surface area (Å²) in [5.41, 5.74) is 1.33. The molecule has 1 aromatic rings. The van der Waals surface area contributed by atoms with Gasteiger partial charge in [-0.05, 0) is 52.4 Å². The van der Waals surface area contributed by atoms with Crippen molar-refractivity contribution < 1.29 is 4.74 Å². The predicted octanol–water partition coefficient (Wildman–Crippen LogP) is 5.86. The Kier molecular flexibility index (Phi) is 5.56. The normalized spacial score (nSPS) is 17.9. The molecule has 3 heteroatoms. The van der Waals surface area contributed by atoms with Crippen LogP contribution >= 0.6 is 31.9 Å². The van der Waals surface area contributed by atoms with Crippen molar-refractivity contribution in [1.82, 2.24) is 0 Å². The highest BCUT2D eigenvalue weighted by Gasteiger charge is 2.17. The molecule has 0 aromatic heterocycles. The van der Waals surface area contributed by atoms with E-state index >= 15 is 0 Å². The summed E-state index contributed by atoms with van der Waals surface area (Å²) in [6.45, 7) is 0. The van der Waals surface area contributed by atoms with E-state index in [0.717, 1.165) is 16.1 Å². The standard InChI is InChI=1S/C15H20Br2O/c1-18-15-9-7-12(10-14(15)17)13(16)8-6-11-4-2-3-5-11/h7,9-11,13H,2-6,8H2,1H3. The molecule has 1 atom stereocenters. The van der Waals surface area contributed by atoms with E-state index in [2.05, 4.69) is 44.0 Å². The van der Waals surface area contributed by atoms with Gasteiger partial charge < -0.3 is 4.74 Å². The van der Waals surface area contributed by atoms with Gasteiger partial charge >= 0.3 is 0 Å². The van der Waals surface area contributed by atoms with Crippen LogP contribution in [0.3, 0.4) is 0 Å². The van der Waals surface area contributed by atoms with Gasteiger partial charge in [0.2, 0.25) is 0 Å². The minimum absolute atomic E-state index is 0.459. The lowest BCUT2D eigenvalue weighted by atomic mass is 9.98. The maximum Gasteiger partial charge on any atom is 0.133 e. The maximum absolute atomic E-state index is 5.26. The van der Waals surface area contributed by atoms with Gasteiger partial charge in [-0.2, -0.15) is 0 Å². The molecule has 2 rings (SSSR count). The van der Waals surface area contributed by atoms with Gasteiger partial charge in [-0.25, -0.2) is 0 Å². The van der Waals surface area contributed by atoms with Gasteiger partial charge in [-0.1, -0.05) is 47.7 Å². The van der Waals surface area contributed by atoms with Crippen LogP contribution in [-0.2, 0) is 0 Å². The number of halogens is 2. The lowest BCUT2D eigenvalue weighted by Crippen LogP contribution is -1.97. The van der Waals surface area contributed by atoms with Crippen molar-refractivity contribution in [1.29, 1.82) is 0 Å². The van der Waals surface area contributed by atoms with Gasteiger partial charge in [0.1, 0.15) is 5.75 Å². The molecular weight excluding hydrogens is 356 g/mol. The summed E-state index contributed by atoms with van der Waals surface area (Å²) < 4.78 is 6.29. The number of rotatable bonds is 5. The first-order chi connectivity index (χ1) is 8.70. The number of hydrogen-bond acceptors (Lipinski definition) is 1. The molecule has 1 aliphatic carbocycles. The molecule has 100 valence electrons. The molecule has 0 bridgehead atoms. The SMILES string of the molecule is COc1ccc(C(Br)CCC2CCCC2)cc1Br. The Hall–Kier alpha value is -0.0200. The van der Waals surface area contributed by atoms with Gasteiger partial charge in [-0.3, -0.25) is 0 Å². The summed E-state index contributed by atoms with van der Waals surface area (Å²) in [5.74, 6) is 1.86. The quantitative estimate of drug-likeness (QED) is 0.585. The Balaban J connectivity index is 1.91. The van der Waals surface area contributed by atoms with E-state index < -0.39 is 0 Å². The van der Waals surface area contributed by atoms with Gasteiger partial charge in [-0.15, -0.1) is 0 Å². The lowest BCUT2D eigenvalue weighted by Gasteiger charge is -2.14. The molecule has 0 saturated heterocycles. The highest BCUT2D eigenvalue weighted by Crippen LogP contribution is 2.37. The molecule has 1 unspecified atom stereocenters. The molecule has 1 fully saturated rings. The summed E-state index contributed by atoms with van der Waals surface area (Å²) in [6.07, 6.45) is 8.32. The van der Waals surface area contributed by atoms with Crippen LogP contribution < -0.4 is 4.74 Å². The third-order valence-electron chi connectivity index (χ3n) is 3.84. The Morgan fingerprint density at radius 1 is 1.33 bits per heavy atom. The van der Waals surface area contributed by atoms with E-state index in [4.69, 9.17) is 4.74 Å². The second kappa shape index (κ2) is 6.95. The first kappa shape index (κ1) is 14.4. The topological polar surface area (TPSA) is 9.23 Å². The summed E-state index contributed by atoms with van der Waals surface area (Å²) in [7, 11) is 1.70. The second-order valence-electron chi connectivity index (χ2n) is 5.09. The zero-order valence-electron chi connectivity index (χ0n) is 10.8. The van der Waals surface area contributed by atoms with Crippen LogP contribution in [0.25, 0.3) is 0 Å². The molecule has 1 aromatic carbocycles. The Labute approximate surface area is 127 Å². The first-order valence-electron chi connectivity index (χ1n) is 6.68. The third-order valence-corrected chi connectivity index (χ3v) is 5.45. The van der Waals surface area contributed by atoms with Crippen molar-refractivity contribution in [3.05, 3.63) is 28.2 Å². The third kappa shape index (κ3) is 3.74. The molecule has 1 nitrogen and oxygen atoms in total. The van der Waals surface area contributed by atoms with Crippen molar-refractivity contribution >= 4 is 31.9 Å². The molecule has 0 amide bonds. The fourth-order valence-corrected chi connectivity index (χ4v) is 3.83. The molecular formula is C15H20Br2O. The summed E-state index contributed by atoms with van der Waals surface area (Å²) in [5, 5.41) is 0. The van der Waals surface area contributed by atoms with Crippen molar-refractivity contribution in [2.24, 2.45) is 5.92 Å². The number of benzene rings is 1. The van der Waals surface area contributed by atoms with E-state index in [0.29, 0.717) is 4.83 Å². The van der Waals surface area contributed by atoms with E-state index in [1.165, 1.54) is 44.1 Å². The number of hydrogen-bond donors (Lipinski definition) is 0.